The van der Waals surface area contributed by atoms with Gasteiger partial charge in [-0.2, -0.15) is 0 Å². The average molecular weight is 649 g/mol. The fourth-order valence-electron chi connectivity index (χ4n) is 9.17. The molecule has 1 aromatic heterocycles. The second-order valence-corrected chi connectivity index (χ2v) is 13.8. The summed E-state index contributed by atoms with van der Waals surface area (Å²) in [7, 11) is 0. The number of benzene rings is 5. The van der Waals surface area contributed by atoms with Gasteiger partial charge in [0.15, 0.2) is 11.6 Å². The highest BCUT2D eigenvalue weighted by molar-refractivity contribution is 5.92. The molecule has 6 heteroatoms. The summed E-state index contributed by atoms with van der Waals surface area (Å²) < 4.78 is 0. The molecule has 5 aromatic carbocycles. The molecule has 4 unspecified atom stereocenters. The number of hydrogen-bond acceptors (Lipinski definition) is 6. The Hall–Kier alpha value is -6.14. The quantitative estimate of drug-likeness (QED) is 0.190. The molecule has 0 saturated carbocycles. The van der Waals surface area contributed by atoms with Crippen LogP contribution in [0.15, 0.2) is 165 Å². The Morgan fingerprint density at radius 2 is 1.16 bits per heavy atom. The van der Waals surface area contributed by atoms with Crippen molar-refractivity contribution in [3.05, 3.63) is 181 Å². The van der Waals surface area contributed by atoms with Gasteiger partial charge in [0.25, 0.3) is 0 Å². The number of nitrogens with zero attached hydrogens (tertiary/aromatic N) is 6. The Morgan fingerprint density at radius 3 is 1.86 bits per heavy atom. The molecule has 0 radical (unpaired) electrons. The molecule has 0 fully saturated rings. The maximum atomic E-state index is 5.11. The van der Waals surface area contributed by atoms with Crippen LogP contribution in [0.2, 0.25) is 0 Å². The highest BCUT2D eigenvalue weighted by Gasteiger charge is 2.64. The summed E-state index contributed by atoms with van der Waals surface area (Å²) in [4.78, 5) is 20.2. The van der Waals surface area contributed by atoms with Crippen LogP contribution in [0.5, 0.6) is 0 Å². The van der Waals surface area contributed by atoms with Crippen molar-refractivity contribution in [1.29, 1.82) is 0 Å². The van der Waals surface area contributed by atoms with Crippen molar-refractivity contribution in [2.75, 3.05) is 19.6 Å². The van der Waals surface area contributed by atoms with E-state index in [-0.39, 0.29) is 18.2 Å². The van der Waals surface area contributed by atoms with Crippen LogP contribution in [0.1, 0.15) is 36.0 Å². The van der Waals surface area contributed by atoms with Crippen molar-refractivity contribution < 1.29 is 0 Å². The third kappa shape index (κ3) is 3.96. The number of para-hydroxylation sites is 4. The van der Waals surface area contributed by atoms with Gasteiger partial charge in [-0.25, -0.2) is 9.97 Å². The zero-order valence-electron chi connectivity index (χ0n) is 27.8. The molecule has 242 valence electrons. The van der Waals surface area contributed by atoms with Crippen molar-refractivity contribution in [3.8, 4) is 0 Å². The van der Waals surface area contributed by atoms with E-state index in [0.29, 0.717) is 0 Å². The predicted octanol–water partition coefficient (Wildman–Crippen LogP) is 9.96. The highest BCUT2D eigenvalue weighted by Crippen LogP contribution is 2.65. The Kier molecular flexibility index (Phi) is 6.31. The first kappa shape index (κ1) is 28.8. The minimum absolute atomic E-state index is 0.0866. The lowest BCUT2D eigenvalue weighted by molar-refractivity contribution is 0.150. The van der Waals surface area contributed by atoms with Crippen molar-refractivity contribution in [3.63, 3.8) is 0 Å². The second kappa shape index (κ2) is 10.9. The topological polar surface area (TPSA) is 38.7 Å². The Bertz CT molecular complexity index is 2290. The molecule has 6 aromatic rings. The lowest BCUT2D eigenvalue weighted by Gasteiger charge is -2.59. The number of hydrogen-bond donors (Lipinski definition) is 0. The maximum Gasteiger partial charge on any atom is 0.178 e. The molecule has 0 bridgehead atoms. The monoisotopic (exact) mass is 648 g/mol. The van der Waals surface area contributed by atoms with Crippen LogP contribution in [0.25, 0.3) is 11.3 Å². The van der Waals surface area contributed by atoms with Gasteiger partial charge in [0, 0.05) is 47.1 Å². The molecule has 0 amide bonds. The maximum absolute atomic E-state index is 5.11. The zero-order chi connectivity index (χ0) is 33.4. The summed E-state index contributed by atoms with van der Waals surface area (Å²) in [5.74, 6) is 1.80. The van der Waals surface area contributed by atoms with Gasteiger partial charge in [0.1, 0.15) is 12.3 Å². The molecule has 0 spiro atoms. The fraction of sp³-hybridized carbons (Fsp3) is 0.136. The molecule has 0 aliphatic carbocycles. The van der Waals surface area contributed by atoms with Crippen molar-refractivity contribution >= 4 is 45.7 Å². The summed E-state index contributed by atoms with van der Waals surface area (Å²) >= 11 is 0. The Balaban J connectivity index is 1.32. The van der Waals surface area contributed by atoms with Crippen LogP contribution < -0.4 is 19.6 Å². The predicted molar refractivity (Wildman–Crippen MR) is 204 cm³/mol. The van der Waals surface area contributed by atoms with Crippen LogP contribution in [-0.4, -0.2) is 22.3 Å². The molecule has 50 heavy (non-hydrogen) atoms. The van der Waals surface area contributed by atoms with E-state index in [1.165, 1.54) is 22.5 Å². The van der Waals surface area contributed by atoms with Crippen LogP contribution in [0.3, 0.4) is 0 Å². The number of rotatable bonds is 3. The number of anilines is 6. The summed E-state index contributed by atoms with van der Waals surface area (Å²) in [6, 6.07) is 50.2. The van der Waals surface area contributed by atoms with Crippen LogP contribution in [0, 0.1) is 5.41 Å². The summed E-state index contributed by atoms with van der Waals surface area (Å²) in [6.07, 6.45) is 6.50. The second-order valence-electron chi connectivity index (χ2n) is 13.8. The van der Waals surface area contributed by atoms with Gasteiger partial charge in [-0.05, 0) is 59.5 Å². The van der Waals surface area contributed by atoms with Crippen LogP contribution in [-0.2, 0) is 0 Å². The van der Waals surface area contributed by atoms with E-state index in [1.54, 1.807) is 0 Å². The molecule has 10 rings (SSSR count). The van der Waals surface area contributed by atoms with E-state index in [2.05, 4.69) is 172 Å². The fourth-order valence-corrected chi connectivity index (χ4v) is 9.17. The average Bonchev–Trinajstić information content (AvgIpc) is 3.75. The Morgan fingerprint density at radius 1 is 0.600 bits per heavy atom. The smallest absolute Gasteiger partial charge is 0.178 e. The molecule has 5 heterocycles. The molecular weight excluding hydrogens is 613 g/mol. The van der Waals surface area contributed by atoms with Gasteiger partial charge < -0.3 is 19.6 Å². The van der Waals surface area contributed by atoms with Crippen LogP contribution in [0.4, 0.5) is 34.4 Å². The Labute approximate surface area is 292 Å². The van der Waals surface area contributed by atoms with Crippen molar-refractivity contribution in [2.24, 2.45) is 5.41 Å². The largest absolute Gasteiger partial charge is 0.324 e. The summed E-state index contributed by atoms with van der Waals surface area (Å²) in [5.41, 5.74) is 10.1. The van der Waals surface area contributed by atoms with Gasteiger partial charge in [0.2, 0.25) is 0 Å². The third-order valence-electron chi connectivity index (χ3n) is 11.2. The number of aromatic nitrogens is 2. The summed E-state index contributed by atoms with van der Waals surface area (Å²) in [5, 5.41) is 0. The number of allylic oxidation sites excluding steroid dienone is 1. The molecule has 6 nitrogen and oxygen atoms in total. The van der Waals surface area contributed by atoms with E-state index in [4.69, 9.17) is 16.5 Å². The minimum atomic E-state index is -0.480. The lowest BCUT2D eigenvalue weighted by atomic mass is 9.61. The van der Waals surface area contributed by atoms with E-state index in [9.17, 15) is 0 Å². The van der Waals surface area contributed by atoms with E-state index >= 15 is 0 Å². The van der Waals surface area contributed by atoms with Crippen molar-refractivity contribution in [2.45, 2.75) is 31.6 Å². The first-order valence-corrected chi connectivity index (χ1v) is 17.3. The van der Waals surface area contributed by atoms with E-state index in [1.807, 2.05) is 12.4 Å². The normalized spacial score (nSPS) is 23.1. The SMILES string of the molecule is C=C1CC2c3ccccc3N3C=C(c4ccccc4)N(c4ccccc4)C3C2(C)C2N(c3ccccc3)c3nccnc3N2c2ccccc21. The summed E-state index contributed by atoms with van der Waals surface area (Å²) in [6.45, 7) is 7.31. The van der Waals surface area contributed by atoms with E-state index < -0.39 is 5.41 Å². The van der Waals surface area contributed by atoms with Gasteiger partial charge in [-0.3, -0.25) is 0 Å². The first-order chi connectivity index (χ1) is 24.6. The standard InChI is InChI=1S/C44H36N6/c1-30-28-36-35-23-13-14-24-37(35)47-29-39(31-16-6-3-7-17-31)48(32-18-8-4-9-19-32)42(47)44(36,2)43-49(33-20-10-5-11-21-33)40-41(46-27-26-45-40)50(43)38-25-15-12-22-34(30)38/h3-27,29,36,42-43H,1,28H2,2H3. The molecule has 4 atom stereocenters. The minimum Gasteiger partial charge on any atom is -0.324 e. The molecular formula is C44H36N6. The van der Waals surface area contributed by atoms with Gasteiger partial charge in [-0.1, -0.05) is 117 Å². The highest BCUT2D eigenvalue weighted by atomic mass is 15.5. The van der Waals surface area contributed by atoms with Gasteiger partial charge in [-0.15, -0.1) is 0 Å². The van der Waals surface area contributed by atoms with Crippen LogP contribution >= 0.6 is 0 Å². The number of fused-ring (bicyclic) bond motifs is 12. The first-order valence-electron chi connectivity index (χ1n) is 17.3. The lowest BCUT2D eigenvalue weighted by Crippen LogP contribution is -2.67. The molecule has 4 aliphatic rings. The van der Waals surface area contributed by atoms with Gasteiger partial charge in [0.05, 0.1) is 16.8 Å². The molecule has 0 saturated heterocycles. The van der Waals surface area contributed by atoms with Crippen molar-refractivity contribution in [1.82, 2.24) is 9.97 Å². The zero-order valence-corrected chi connectivity index (χ0v) is 27.8. The molecule has 0 N–H and O–H groups in total. The molecule has 4 aliphatic heterocycles. The van der Waals surface area contributed by atoms with E-state index in [0.717, 1.165) is 46.3 Å². The van der Waals surface area contributed by atoms with Gasteiger partial charge >= 0.3 is 0 Å². The third-order valence-corrected chi connectivity index (χ3v) is 11.2.